The predicted molar refractivity (Wildman–Crippen MR) is 446 cm³/mol. The average molecular weight is 1410 g/mol. The topological polar surface area (TPSA) is 16.2 Å². The summed E-state index contributed by atoms with van der Waals surface area (Å²) in [4.78, 5) is 14.0. The molecule has 16 aromatic rings. The lowest BCUT2D eigenvalue weighted by Crippen LogP contribution is -2.64. The Kier molecular flexibility index (Phi) is 15.8. The summed E-state index contributed by atoms with van der Waals surface area (Å²) in [6.45, 7) is -0.619. The monoisotopic (exact) mass is 1410 g/mol. The normalized spacial score (nSPS) is 12.8. The van der Waals surface area contributed by atoms with Gasteiger partial charge < -0.3 is 24.5 Å². The fourth-order valence-electron chi connectivity index (χ4n) is 16.9. The van der Waals surface area contributed by atoms with E-state index in [0.717, 1.165) is 156 Å². The van der Waals surface area contributed by atoms with E-state index in [4.69, 9.17) is 0 Å². The third-order valence-electron chi connectivity index (χ3n) is 21.7. The lowest BCUT2D eigenvalue weighted by Gasteiger charge is -2.46. The molecule has 0 unspecified atom stereocenters. The van der Waals surface area contributed by atoms with Crippen LogP contribution in [-0.4, -0.2) is 13.4 Å². The van der Waals surface area contributed by atoms with Crippen LogP contribution < -0.4 is 57.3 Å². The molecule has 0 aromatic heterocycles. The first-order valence-corrected chi connectivity index (χ1v) is 37.3. The van der Waals surface area contributed by atoms with Gasteiger partial charge in [0.2, 0.25) is 6.71 Å². The van der Waals surface area contributed by atoms with Crippen LogP contribution in [0.5, 0.6) is 0 Å². The molecule has 0 saturated carbocycles. The molecular formula is C97H64B2F3N5S. The molecule has 16 aromatic carbocycles. The standard InChI is InChI=1S/C97H64B2F3N5S/c100-97(101,102)71-51-57-76(58-52-71)107-89-64-93-84(99-82-42-22-26-46-88(82)106(73-37-17-6-18-38-73)92-61-78(62-94(108-93)96(92)99)104(75-55-49-68(50-56-75)66-29-9-2-10-30-66)86-44-24-20-40-80(86)70-33-13-4-14-34-70)63-83(89)98-81-41-21-25-45-87(81)105(72-35-15-5-16-36-72)90-59-77(60-91(107)95(90)98)103(74-53-47-67(48-54-74)65-27-7-1-8-28-65)85-43-23-19-39-79(85)69-31-11-3-12-32-69/h1-64H. The zero-order valence-electron chi connectivity index (χ0n) is 58.4. The third-order valence-corrected chi connectivity index (χ3v) is 22.8. The molecule has 0 bridgehead atoms. The summed E-state index contributed by atoms with van der Waals surface area (Å²) >= 11 is 1.77. The van der Waals surface area contributed by atoms with Gasteiger partial charge >= 0.3 is 6.18 Å². The van der Waals surface area contributed by atoms with Gasteiger partial charge in [-0.3, -0.25) is 0 Å². The molecule has 0 saturated heterocycles. The number of nitrogens with zero attached hydrogens (tertiary/aromatic N) is 5. The molecule has 4 aliphatic rings. The Morgan fingerprint density at radius 1 is 0.250 bits per heavy atom. The summed E-state index contributed by atoms with van der Waals surface area (Å²) in [5.41, 5.74) is 28.9. The van der Waals surface area contributed by atoms with E-state index in [2.05, 4.69) is 376 Å². The third kappa shape index (κ3) is 11.0. The highest BCUT2D eigenvalue weighted by Crippen LogP contribution is 2.53. The van der Waals surface area contributed by atoms with Crippen molar-refractivity contribution in [2.75, 3.05) is 24.5 Å². The zero-order chi connectivity index (χ0) is 72.0. The molecule has 11 heteroatoms. The number of alkyl halides is 3. The Morgan fingerprint density at radius 2 is 0.611 bits per heavy atom. The molecule has 510 valence electrons. The van der Waals surface area contributed by atoms with E-state index in [9.17, 15) is 0 Å². The predicted octanol–water partition coefficient (Wildman–Crippen LogP) is 23.2. The Hall–Kier alpha value is -13.2. The van der Waals surface area contributed by atoms with Gasteiger partial charge in [0, 0.05) is 89.2 Å². The summed E-state index contributed by atoms with van der Waals surface area (Å²) in [7, 11) is 0. The Labute approximate surface area is 631 Å². The van der Waals surface area contributed by atoms with Gasteiger partial charge in [-0.05, 0) is 188 Å². The van der Waals surface area contributed by atoms with Crippen LogP contribution in [0.15, 0.2) is 398 Å². The smallest absolute Gasteiger partial charge is 0.311 e. The van der Waals surface area contributed by atoms with E-state index in [1.807, 2.05) is 12.1 Å². The highest BCUT2D eigenvalue weighted by atomic mass is 32.2. The van der Waals surface area contributed by atoms with E-state index in [1.165, 1.54) is 23.1 Å². The second kappa shape index (κ2) is 26.4. The number of para-hydroxylation sites is 6. The number of anilines is 15. The average Bonchev–Trinajstić information content (AvgIpc) is 0.688. The number of fused-ring (bicyclic) bond motifs is 8. The van der Waals surface area contributed by atoms with Crippen molar-refractivity contribution in [3.63, 3.8) is 0 Å². The van der Waals surface area contributed by atoms with Crippen LogP contribution in [0, 0.1) is 0 Å². The summed E-state index contributed by atoms with van der Waals surface area (Å²) in [5, 5.41) is 0. The van der Waals surface area contributed by atoms with Crippen LogP contribution in [0.2, 0.25) is 0 Å². The summed E-state index contributed by atoms with van der Waals surface area (Å²) in [5.74, 6) is 0. The van der Waals surface area contributed by atoms with Crippen LogP contribution >= 0.6 is 11.8 Å². The minimum absolute atomic E-state index is 0.258. The van der Waals surface area contributed by atoms with Gasteiger partial charge in [-0.15, -0.1) is 0 Å². The Morgan fingerprint density at radius 3 is 1.07 bits per heavy atom. The van der Waals surface area contributed by atoms with E-state index in [1.54, 1.807) is 23.9 Å². The second-order valence-corrected chi connectivity index (χ2v) is 28.9. The minimum atomic E-state index is -4.58. The van der Waals surface area contributed by atoms with Crippen molar-refractivity contribution in [3.05, 3.63) is 394 Å². The van der Waals surface area contributed by atoms with Gasteiger partial charge in [0.1, 0.15) is 0 Å². The molecule has 0 atom stereocenters. The zero-order valence-corrected chi connectivity index (χ0v) is 59.2. The lowest BCUT2D eigenvalue weighted by molar-refractivity contribution is -0.137. The van der Waals surface area contributed by atoms with E-state index < -0.39 is 11.7 Å². The van der Waals surface area contributed by atoms with E-state index >= 15 is 13.2 Å². The summed E-state index contributed by atoms with van der Waals surface area (Å²) < 4.78 is 45.4. The first-order chi connectivity index (χ1) is 53.2. The quantitative estimate of drug-likeness (QED) is 0.106. The molecule has 20 rings (SSSR count). The number of benzene rings is 16. The molecule has 4 aliphatic heterocycles. The molecule has 108 heavy (non-hydrogen) atoms. The Balaban J connectivity index is 0.854. The van der Waals surface area contributed by atoms with Gasteiger partial charge in [-0.2, -0.15) is 13.2 Å². The maximum absolute atomic E-state index is 15.1. The van der Waals surface area contributed by atoms with Gasteiger partial charge in [0.15, 0.2) is 0 Å². The number of rotatable bonds is 13. The van der Waals surface area contributed by atoms with Crippen molar-refractivity contribution in [1.82, 2.24) is 0 Å². The Bertz CT molecular complexity index is 6100. The highest BCUT2D eigenvalue weighted by Gasteiger charge is 2.48. The molecule has 0 aliphatic carbocycles. The first kappa shape index (κ1) is 64.4. The molecule has 0 fully saturated rings. The highest BCUT2D eigenvalue weighted by molar-refractivity contribution is 8.00. The van der Waals surface area contributed by atoms with Crippen molar-refractivity contribution < 1.29 is 13.2 Å². The molecule has 0 radical (unpaired) electrons. The van der Waals surface area contributed by atoms with E-state index in [0.29, 0.717) is 5.69 Å². The lowest BCUT2D eigenvalue weighted by atomic mass is 9.31. The summed E-state index contributed by atoms with van der Waals surface area (Å²) in [6.07, 6.45) is -4.58. The second-order valence-electron chi connectivity index (χ2n) is 27.8. The fraction of sp³-hybridized carbons (Fsp3) is 0.0103. The van der Waals surface area contributed by atoms with E-state index in [-0.39, 0.29) is 13.4 Å². The van der Waals surface area contributed by atoms with Crippen LogP contribution in [0.25, 0.3) is 44.5 Å². The van der Waals surface area contributed by atoms with Gasteiger partial charge in [-0.25, -0.2) is 0 Å². The molecule has 5 nitrogen and oxygen atoms in total. The van der Waals surface area contributed by atoms with Crippen molar-refractivity contribution in [1.29, 1.82) is 0 Å². The van der Waals surface area contributed by atoms with Crippen LogP contribution in [-0.2, 0) is 6.18 Å². The molecule has 0 N–H and O–H groups in total. The van der Waals surface area contributed by atoms with Crippen molar-refractivity contribution in [3.8, 4) is 44.5 Å². The van der Waals surface area contributed by atoms with Crippen molar-refractivity contribution >= 4 is 143 Å². The maximum atomic E-state index is 15.1. The first-order valence-electron chi connectivity index (χ1n) is 36.5. The van der Waals surface area contributed by atoms with Crippen molar-refractivity contribution in [2.45, 2.75) is 16.0 Å². The van der Waals surface area contributed by atoms with Gasteiger partial charge in [-0.1, -0.05) is 278 Å². The minimum Gasteiger partial charge on any atom is -0.311 e. The molecular weight excluding hydrogens is 1350 g/mol. The van der Waals surface area contributed by atoms with Crippen LogP contribution in [0.1, 0.15) is 5.56 Å². The largest absolute Gasteiger partial charge is 0.416 e. The maximum Gasteiger partial charge on any atom is 0.416 e. The van der Waals surface area contributed by atoms with Gasteiger partial charge in [0.05, 0.1) is 22.6 Å². The fourth-order valence-corrected chi connectivity index (χ4v) is 18.2. The molecule has 0 amide bonds. The SMILES string of the molecule is FC(F)(F)c1ccc(N2c3cc4c(cc3B3c5ccccc5N(c5ccccc5)c5cc(N(c6ccc(-c7ccccc7)cc6)c6ccccc6-c6ccccc6)cc2c53)B2c3ccccc3N(c3ccccc3)c3cc(N(c5ccc(-c6ccccc6)cc5)c5ccccc5-c5ccccc5)cc(c32)S4)cc1. The number of hydrogen-bond donors (Lipinski definition) is 0. The number of halogens is 3. The number of hydrogen-bond acceptors (Lipinski definition) is 6. The molecule has 4 heterocycles. The molecule has 0 spiro atoms. The van der Waals surface area contributed by atoms with Gasteiger partial charge in [0.25, 0.3) is 6.71 Å². The van der Waals surface area contributed by atoms with Crippen molar-refractivity contribution in [2.24, 2.45) is 0 Å². The van der Waals surface area contributed by atoms with Crippen LogP contribution in [0.4, 0.5) is 98.5 Å². The van der Waals surface area contributed by atoms with Crippen LogP contribution in [0.3, 0.4) is 0 Å². The summed E-state index contributed by atoms with van der Waals surface area (Å²) in [6, 6.07) is 136.